The maximum Gasteiger partial charge on any atom is 0.238 e. The van der Waals surface area contributed by atoms with Crippen molar-refractivity contribution in [2.75, 3.05) is 33.4 Å². The van der Waals surface area contributed by atoms with E-state index in [1.807, 2.05) is 6.92 Å². The summed E-state index contributed by atoms with van der Waals surface area (Å²) in [5.74, 6) is 0.426. The molecule has 0 aromatic heterocycles. The SMILES string of the molecule is CN(CC1CCOCC1)CC(C)(NC1CC1)C(N)=O. The lowest BCUT2D eigenvalue weighted by Crippen LogP contribution is -2.60. The van der Waals surface area contributed by atoms with E-state index in [4.69, 9.17) is 10.5 Å². The lowest BCUT2D eigenvalue weighted by atomic mass is 9.97. The van der Waals surface area contributed by atoms with Crippen LogP contribution in [0, 0.1) is 5.92 Å². The number of rotatable bonds is 7. The summed E-state index contributed by atoms with van der Waals surface area (Å²) in [5.41, 5.74) is 4.97. The van der Waals surface area contributed by atoms with Crippen molar-refractivity contribution in [3.05, 3.63) is 0 Å². The van der Waals surface area contributed by atoms with Crippen molar-refractivity contribution in [2.24, 2.45) is 11.7 Å². The van der Waals surface area contributed by atoms with Gasteiger partial charge < -0.3 is 15.4 Å². The number of carbonyl (C=O) groups is 1. The second-order valence-electron chi connectivity index (χ2n) is 6.37. The third-order valence-corrected chi connectivity index (χ3v) is 4.14. The molecule has 0 aromatic rings. The van der Waals surface area contributed by atoms with Crippen LogP contribution in [0.1, 0.15) is 32.6 Å². The Balaban J connectivity index is 1.83. The molecule has 1 amide bonds. The average Bonchev–Trinajstić information content (AvgIpc) is 3.13. The van der Waals surface area contributed by atoms with Gasteiger partial charge in [0.1, 0.15) is 5.54 Å². The fraction of sp³-hybridized carbons (Fsp3) is 0.929. The van der Waals surface area contributed by atoms with Crippen LogP contribution < -0.4 is 11.1 Å². The van der Waals surface area contributed by atoms with Crippen LogP contribution in [0.25, 0.3) is 0 Å². The van der Waals surface area contributed by atoms with Gasteiger partial charge in [0.05, 0.1) is 0 Å². The minimum atomic E-state index is -0.610. The van der Waals surface area contributed by atoms with Crippen LogP contribution in [0.5, 0.6) is 0 Å². The van der Waals surface area contributed by atoms with Crippen LogP contribution in [0.2, 0.25) is 0 Å². The molecule has 2 rings (SSSR count). The highest BCUT2D eigenvalue weighted by molar-refractivity contribution is 5.84. The first-order valence-corrected chi connectivity index (χ1v) is 7.33. The molecule has 2 aliphatic rings. The van der Waals surface area contributed by atoms with Crippen molar-refractivity contribution < 1.29 is 9.53 Å². The van der Waals surface area contributed by atoms with E-state index in [2.05, 4.69) is 17.3 Å². The summed E-state index contributed by atoms with van der Waals surface area (Å²) in [6.45, 7) is 5.35. The van der Waals surface area contributed by atoms with Crippen molar-refractivity contribution in [3.63, 3.8) is 0 Å². The summed E-state index contributed by atoms with van der Waals surface area (Å²) in [6.07, 6.45) is 4.56. The summed E-state index contributed by atoms with van der Waals surface area (Å²) < 4.78 is 5.38. The van der Waals surface area contributed by atoms with Crippen molar-refractivity contribution in [1.29, 1.82) is 0 Å². The predicted molar refractivity (Wildman–Crippen MR) is 74.8 cm³/mol. The smallest absolute Gasteiger partial charge is 0.238 e. The average molecular weight is 269 g/mol. The van der Waals surface area contributed by atoms with Gasteiger partial charge in [0.15, 0.2) is 0 Å². The Bertz CT molecular complexity index is 314. The van der Waals surface area contributed by atoms with E-state index >= 15 is 0 Å². The van der Waals surface area contributed by atoms with Gasteiger partial charge in [0, 0.05) is 32.3 Å². The maximum atomic E-state index is 11.7. The lowest BCUT2D eigenvalue weighted by molar-refractivity contribution is -0.124. The quantitative estimate of drug-likeness (QED) is 0.699. The number of likely N-dealkylation sites (N-methyl/N-ethyl adjacent to an activating group) is 1. The number of amides is 1. The van der Waals surface area contributed by atoms with Crippen LogP contribution in [-0.4, -0.2) is 55.7 Å². The molecule has 19 heavy (non-hydrogen) atoms. The first kappa shape index (κ1) is 14.8. The van der Waals surface area contributed by atoms with E-state index < -0.39 is 5.54 Å². The molecule has 0 spiro atoms. The van der Waals surface area contributed by atoms with Crippen molar-refractivity contribution in [2.45, 2.75) is 44.2 Å². The van der Waals surface area contributed by atoms with Crippen LogP contribution in [0.4, 0.5) is 0 Å². The Morgan fingerprint density at radius 3 is 2.53 bits per heavy atom. The monoisotopic (exact) mass is 269 g/mol. The molecule has 0 bridgehead atoms. The number of ether oxygens (including phenoxy) is 1. The fourth-order valence-electron chi connectivity index (χ4n) is 2.85. The van der Waals surface area contributed by atoms with Gasteiger partial charge in [-0.1, -0.05) is 0 Å². The molecule has 0 radical (unpaired) electrons. The second-order valence-corrected chi connectivity index (χ2v) is 6.37. The largest absolute Gasteiger partial charge is 0.381 e. The number of hydrogen-bond acceptors (Lipinski definition) is 4. The van der Waals surface area contributed by atoms with Gasteiger partial charge in [0.2, 0.25) is 5.91 Å². The third-order valence-electron chi connectivity index (χ3n) is 4.14. The van der Waals surface area contributed by atoms with Gasteiger partial charge >= 0.3 is 0 Å². The number of primary amides is 1. The molecule has 1 aliphatic heterocycles. The lowest BCUT2D eigenvalue weighted by Gasteiger charge is -2.34. The minimum absolute atomic E-state index is 0.252. The molecule has 1 heterocycles. The summed E-state index contributed by atoms with van der Waals surface area (Å²) in [7, 11) is 2.07. The summed E-state index contributed by atoms with van der Waals surface area (Å²) >= 11 is 0. The highest BCUT2D eigenvalue weighted by Gasteiger charge is 2.38. The zero-order chi connectivity index (χ0) is 13.9. The van der Waals surface area contributed by atoms with E-state index in [9.17, 15) is 4.79 Å². The number of nitrogens with one attached hydrogen (secondary N) is 1. The number of nitrogens with two attached hydrogens (primary N) is 1. The minimum Gasteiger partial charge on any atom is -0.381 e. The molecule has 5 nitrogen and oxygen atoms in total. The van der Waals surface area contributed by atoms with Gasteiger partial charge in [-0.2, -0.15) is 0 Å². The predicted octanol–water partition coefficient (Wildman–Crippen LogP) is 0.341. The molecular weight excluding hydrogens is 242 g/mol. The molecule has 1 saturated heterocycles. The van der Waals surface area contributed by atoms with E-state index in [-0.39, 0.29) is 5.91 Å². The van der Waals surface area contributed by atoms with Gasteiger partial charge in [0.25, 0.3) is 0 Å². The molecule has 3 N–H and O–H groups in total. The summed E-state index contributed by atoms with van der Waals surface area (Å²) in [4.78, 5) is 14.0. The van der Waals surface area contributed by atoms with Crippen molar-refractivity contribution in [1.82, 2.24) is 10.2 Å². The fourth-order valence-corrected chi connectivity index (χ4v) is 2.85. The summed E-state index contributed by atoms with van der Waals surface area (Å²) in [6, 6.07) is 0.481. The topological polar surface area (TPSA) is 67.6 Å². The first-order chi connectivity index (χ1) is 8.99. The van der Waals surface area contributed by atoms with Gasteiger partial charge in [-0.3, -0.25) is 10.1 Å². The highest BCUT2D eigenvalue weighted by atomic mass is 16.5. The Hall–Kier alpha value is -0.650. The molecule has 1 saturated carbocycles. The van der Waals surface area contributed by atoms with Crippen LogP contribution in [0.3, 0.4) is 0 Å². The molecule has 1 aliphatic carbocycles. The van der Waals surface area contributed by atoms with Gasteiger partial charge in [-0.05, 0) is 45.6 Å². The van der Waals surface area contributed by atoms with E-state index in [1.54, 1.807) is 0 Å². The Morgan fingerprint density at radius 1 is 1.37 bits per heavy atom. The van der Waals surface area contributed by atoms with E-state index in [0.29, 0.717) is 18.5 Å². The van der Waals surface area contributed by atoms with Crippen molar-refractivity contribution in [3.8, 4) is 0 Å². The Labute approximate surface area is 115 Å². The number of hydrogen-bond donors (Lipinski definition) is 2. The molecular formula is C14H27N3O2. The standard InChI is InChI=1S/C14H27N3O2/c1-14(13(15)18,16-12-3-4-12)10-17(2)9-11-5-7-19-8-6-11/h11-12,16H,3-10H2,1-2H3,(H2,15,18). The van der Waals surface area contributed by atoms with Crippen LogP contribution in [-0.2, 0) is 9.53 Å². The zero-order valence-electron chi connectivity index (χ0n) is 12.2. The van der Waals surface area contributed by atoms with E-state index in [1.165, 1.54) is 0 Å². The van der Waals surface area contributed by atoms with E-state index in [0.717, 1.165) is 45.4 Å². The van der Waals surface area contributed by atoms with Gasteiger partial charge in [-0.15, -0.1) is 0 Å². The molecule has 1 unspecified atom stereocenters. The molecule has 1 atom stereocenters. The highest BCUT2D eigenvalue weighted by Crippen LogP contribution is 2.23. The summed E-state index contributed by atoms with van der Waals surface area (Å²) in [5, 5.41) is 3.39. The second kappa shape index (κ2) is 6.20. The van der Waals surface area contributed by atoms with Crippen LogP contribution in [0.15, 0.2) is 0 Å². The molecule has 5 heteroatoms. The first-order valence-electron chi connectivity index (χ1n) is 7.33. The molecule has 0 aromatic carbocycles. The Kier molecular flexibility index (Phi) is 4.81. The molecule has 110 valence electrons. The zero-order valence-corrected chi connectivity index (χ0v) is 12.2. The number of carbonyl (C=O) groups excluding carboxylic acids is 1. The third kappa shape index (κ3) is 4.44. The molecule has 2 fully saturated rings. The van der Waals surface area contributed by atoms with Crippen molar-refractivity contribution >= 4 is 5.91 Å². The van der Waals surface area contributed by atoms with Gasteiger partial charge in [-0.25, -0.2) is 0 Å². The van der Waals surface area contributed by atoms with Crippen LogP contribution >= 0.6 is 0 Å². The maximum absolute atomic E-state index is 11.7. The number of nitrogens with zero attached hydrogens (tertiary/aromatic N) is 1. The Morgan fingerprint density at radius 2 is 2.00 bits per heavy atom. The normalized spacial score (nSPS) is 24.4.